The topological polar surface area (TPSA) is 20.3 Å². The van der Waals surface area contributed by atoms with Crippen LogP contribution in [0, 0.1) is 6.92 Å². The molecule has 2 rings (SSSR count). The number of amides is 1. The second-order valence-electron chi connectivity index (χ2n) is 3.18. The van der Waals surface area contributed by atoms with Crippen LogP contribution in [0.5, 0.6) is 0 Å². The zero-order valence-corrected chi connectivity index (χ0v) is 9.36. The van der Waals surface area contributed by atoms with Gasteiger partial charge in [0.25, 0.3) is 0 Å². The maximum atomic E-state index is 11.5. The van der Waals surface area contributed by atoms with Gasteiger partial charge in [0.2, 0.25) is 5.91 Å². The summed E-state index contributed by atoms with van der Waals surface area (Å²) in [6, 6.07) is 5.65. The van der Waals surface area contributed by atoms with Crippen molar-refractivity contribution >= 4 is 35.0 Å². The van der Waals surface area contributed by atoms with Crippen molar-refractivity contribution in [3.05, 3.63) is 28.8 Å². The molecule has 0 spiro atoms. The molecule has 0 bridgehead atoms. The fraction of sp³-hybridized carbons (Fsp3) is 0.300. The van der Waals surface area contributed by atoms with Crippen LogP contribution in [-0.4, -0.2) is 17.5 Å². The Labute approximate surface area is 92.2 Å². The lowest BCUT2D eigenvalue weighted by molar-refractivity contribution is -0.115. The van der Waals surface area contributed by atoms with Crippen molar-refractivity contribution in [1.82, 2.24) is 0 Å². The Bertz CT molecular complexity index is 380. The Morgan fingerprint density at radius 2 is 2.29 bits per heavy atom. The molecule has 4 heteroatoms. The van der Waals surface area contributed by atoms with Crippen molar-refractivity contribution < 1.29 is 4.79 Å². The van der Waals surface area contributed by atoms with Gasteiger partial charge in [0.15, 0.2) is 0 Å². The first-order valence-electron chi connectivity index (χ1n) is 4.33. The third kappa shape index (κ3) is 1.62. The molecule has 0 saturated carbocycles. The molecule has 0 N–H and O–H groups in total. The van der Waals surface area contributed by atoms with Gasteiger partial charge in [0, 0.05) is 10.7 Å². The van der Waals surface area contributed by atoms with Crippen LogP contribution in [0.2, 0.25) is 5.02 Å². The molecule has 14 heavy (non-hydrogen) atoms. The number of carbonyl (C=O) groups excluding carboxylic acids is 1. The minimum Gasteiger partial charge on any atom is -0.302 e. The van der Waals surface area contributed by atoms with Crippen molar-refractivity contribution in [3.63, 3.8) is 0 Å². The molecule has 1 aromatic carbocycles. The molecule has 1 aliphatic rings. The number of benzene rings is 1. The number of rotatable bonds is 1. The van der Waals surface area contributed by atoms with E-state index >= 15 is 0 Å². The van der Waals surface area contributed by atoms with Gasteiger partial charge in [-0.05, 0) is 24.6 Å². The Morgan fingerprint density at radius 1 is 1.50 bits per heavy atom. The molecule has 1 fully saturated rings. The van der Waals surface area contributed by atoms with Crippen LogP contribution in [0.25, 0.3) is 0 Å². The van der Waals surface area contributed by atoms with E-state index in [2.05, 4.69) is 0 Å². The summed E-state index contributed by atoms with van der Waals surface area (Å²) >= 11 is 7.63. The minimum absolute atomic E-state index is 0.167. The predicted molar refractivity (Wildman–Crippen MR) is 61.0 cm³/mol. The summed E-state index contributed by atoms with van der Waals surface area (Å²) in [7, 11) is 0. The van der Waals surface area contributed by atoms with Gasteiger partial charge in [-0.2, -0.15) is 0 Å². The van der Waals surface area contributed by atoms with Gasteiger partial charge in [-0.15, -0.1) is 11.8 Å². The smallest absolute Gasteiger partial charge is 0.237 e. The first kappa shape index (κ1) is 9.87. The summed E-state index contributed by atoms with van der Waals surface area (Å²) in [5, 5.41) is 0.715. The van der Waals surface area contributed by atoms with Crippen molar-refractivity contribution in [2.45, 2.75) is 6.92 Å². The quantitative estimate of drug-likeness (QED) is 0.735. The molecule has 2 nitrogen and oxygen atoms in total. The second-order valence-corrected chi connectivity index (χ2v) is 4.55. The third-order valence-corrected chi connectivity index (χ3v) is 3.58. The number of hydrogen-bond donors (Lipinski definition) is 0. The second kappa shape index (κ2) is 3.83. The lowest BCUT2D eigenvalue weighted by Crippen LogP contribution is -2.25. The minimum atomic E-state index is 0.167. The number of thioether (sulfide) groups is 1. The molecular formula is C10H10ClNOS. The number of nitrogens with zero attached hydrogens (tertiary/aromatic N) is 1. The van der Waals surface area contributed by atoms with E-state index in [9.17, 15) is 4.79 Å². The van der Waals surface area contributed by atoms with Crippen molar-refractivity contribution in [1.29, 1.82) is 0 Å². The highest BCUT2D eigenvalue weighted by atomic mass is 35.5. The predicted octanol–water partition coefficient (Wildman–Crippen LogP) is 2.69. The summed E-state index contributed by atoms with van der Waals surface area (Å²) in [4.78, 5) is 13.3. The summed E-state index contributed by atoms with van der Waals surface area (Å²) < 4.78 is 0. The van der Waals surface area contributed by atoms with Gasteiger partial charge in [0.1, 0.15) is 0 Å². The fourth-order valence-electron chi connectivity index (χ4n) is 1.47. The van der Waals surface area contributed by atoms with Crippen LogP contribution in [0.4, 0.5) is 5.69 Å². The van der Waals surface area contributed by atoms with Gasteiger partial charge >= 0.3 is 0 Å². The summed E-state index contributed by atoms with van der Waals surface area (Å²) in [5.41, 5.74) is 1.91. The molecule has 0 aliphatic carbocycles. The van der Waals surface area contributed by atoms with Gasteiger partial charge in [-0.25, -0.2) is 0 Å². The average Bonchev–Trinajstić information content (AvgIpc) is 2.57. The number of halogens is 1. The van der Waals surface area contributed by atoms with E-state index in [4.69, 9.17) is 11.6 Å². The van der Waals surface area contributed by atoms with E-state index in [1.165, 1.54) is 0 Å². The maximum absolute atomic E-state index is 11.5. The number of carbonyl (C=O) groups is 1. The van der Waals surface area contributed by atoms with Crippen LogP contribution in [0.3, 0.4) is 0 Å². The summed E-state index contributed by atoms with van der Waals surface area (Å²) in [6.07, 6.45) is 0. The van der Waals surface area contributed by atoms with E-state index in [1.54, 1.807) is 16.7 Å². The summed E-state index contributed by atoms with van der Waals surface area (Å²) in [5.74, 6) is 1.48. The molecular weight excluding hydrogens is 218 g/mol. The first-order valence-corrected chi connectivity index (χ1v) is 5.86. The molecule has 0 radical (unpaired) electrons. The Hall–Kier alpha value is -0.670. The van der Waals surface area contributed by atoms with Gasteiger partial charge in [-0.1, -0.05) is 17.7 Å². The largest absolute Gasteiger partial charge is 0.302 e. The van der Waals surface area contributed by atoms with Crippen molar-refractivity contribution in [2.24, 2.45) is 0 Å². The number of anilines is 1. The van der Waals surface area contributed by atoms with E-state index in [1.807, 2.05) is 25.1 Å². The van der Waals surface area contributed by atoms with Crippen molar-refractivity contribution in [2.75, 3.05) is 16.5 Å². The van der Waals surface area contributed by atoms with E-state index in [-0.39, 0.29) is 5.91 Å². The molecule has 0 unspecified atom stereocenters. The molecule has 1 saturated heterocycles. The highest BCUT2D eigenvalue weighted by Crippen LogP contribution is 2.30. The lowest BCUT2D eigenvalue weighted by Gasteiger charge is -2.17. The van der Waals surface area contributed by atoms with Crippen LogP contribution >= 0.6 is 23.4 Å². The van der Waals surface area contributed by atoms with E-state index < -0.39 is 0 Å². The molecule has 74 valence electrons. The molecule has 0 aromatic heterocycles. The first-order chi connectivity index (χ1) is 6.70. The molecule has 1 heterocycles. The molecule has 0 atom stereocenters. The summed E-state index contributed by atoms with van der Waals surface area (Å²) in [6.45, 7) is 1.94. The number of hydrogen-bond acceptors (Lipinski definition) is 2. The van der Waals surface area contributed by atoms with Crippen molar-refractivity contribution in [3.8, 4) is 0 Å². The van der Waals surface area contributed by atoms with Gasteiger partial charge in [-0.3, -0.25) is 4.79 Å². The highest BCUT2D eigenvalue weighted by Gasteiger charge is 2.23. The van der Waals surface area contributed by atoms with E-state index in [0.29, 0.717) is 10.8 Å². The highest BCUT2D eigenvalue weighted by molar-refractivity contribution is 8.00. The van der Waals surface area contributed by atoms with Crippen LogP contribution < -0.4 is 4.90 Å². The molecule has 1 amide bonds. The Balaban J connectivity index is 2.41. The Morgan fingerprint density at radius 3 is 2.93 bits per heavy atom. The third-order valence-electron chi connectivity index (χ3n) is 2.28. The fourth-order valence-corrected chi connectivity index (χ4v) is 2.52. The van der Waals surface area contributed by atoms with Gasteiger partial charge in [0.05, 0.1) is 11.6 Å². The zero-order chi connectivity index (χ0) is 10.1. The molecule has 1 aliphatic heterocycles. The average molecular weight is 228 g/mol. The lowest BCUT2D eigenvalue weighted by atomic mass is 10.2. The maximum Gasteiger partial charge on any atom is 0.237 e. The van der Waals surface area contributed by atoms with Crippen LogP contribution in [0.1, 0.15) is 5.56 Å². The van der Waals surface area contributed by atoms with Crippen LogP contribution in [0.15, 0.2) is 18.2 Å². The Kier molecular flexibility index (Phi) is 2.70. The molecule has 1 aromatic rings. The van der Waals surface area contributed by atoms with E-state index in [0.717, 1.165) is 17.1 Å². The SMILES string of the molecule is Cc1c(Cl)cccc1N1CSCC1=O. The monoisotopic (exact) mass is 227 g/mol. The standard InChI is InChI=1S/C10H10ClNOS/c1-7-8(11)3-2-4-9(7)12-6-14-5-10(12)13/h2-4H,5-6H2,1H3. The zero-order valence-electron chi connectivity index (χ0n) is 7.79. The normalized spacial score (nSPS) is 16.4. The van der Waals surface area contributed by atoms with Crippen LogP contribution in [-0.2, 0) is 4.79 Å². The van der Waals surface area contributed by atoms with Gasteiger partial charge < -0.3 is 4.90 Å².